The lowest BCUT2D eigenvalue weighted by Gasteiger charge is -2.33. The van der Waals surface area contributed by atoms with Gasteiger partial charge in [0.15, 0.2) is 5.78 Å². The van der Waals surface area contributed by atoms with Gasteiger partial charge in [0.05, 0.1) is 19.8 Å². The molecule has 0 aliphatic carbocycles. The molecule has 1 aliphatic rings. The summed E-state index contributed by atoms with van der Waals surface area (Å²) >= 11 is 0. The molecule has 1 N–H and O–H groups in total. The molecule has 0 spiro atoms. The van der Waals surface area contributed by atoms with Gasteiger partial charge < -0.3 is 19.7 Å². The number of ether oxygens (including phenoxy) is 2. The number of piperazine rings is 1. The number of likely N-dealkylation sites (N-methyl/N-ethyl adjacent to an activating group) is 1. The highest BCUT2D eigenvalue weighted by Gasteiger charge is 2.16. The van der Waals surface area contributed by atoms with Crippen molar-refractivity contribution in [3.8, 4) is 0 Å². The quantitative estimate of drug-likeness (QED) is 0.329. The molecule has 1 saturated heterocycles. The number of rotatable bonds is 15. The van der Waals surface area contributed by atoms with E-state index in [0.29, 0.717) is 43.9 Å². The number of nitrogens with one attached hydrogen (secondary N) is 1. The van der Waals surface area contributed by atoms with Crippen LogP contribution < -0.4 is 5.32 Å². The fourth-order valence-electron chi connectivity index (χ4n) is 3.91. The van der Waals surface area contributed by atoms with Crippen LogP contribution in [0.4, 0.5) is 5.69 Å². The first-order valence-electron chi connectivity index (χ1n) is 12.1. The third-order valence-corrected chi connectivity index (χ3v) is 5.93. The van der Waals surface area contributed by atoms with E-state index in [1.54, 1.807) is 0 Å². The zero-order valence-electron chi connectivity index (χ0n) is 20.2. The number of hydrogen-bond donors (Lipinski definition) is 1. The number of carbonyl (C=O) groups excluding carboxylic acids is 2. The fourth-order valence-corrected chi connectivity index (χ4v) is 3.91. The van der Waals surface area contributed by atoms with Gasteiger partial charge in [0, 0.05) is 50.4 Å². The summed E-state index contributed by atoms with van der Waals surface area (Å²) in [7, 11) is 0. The molecule has 0 radical (unpaired) electrons. The standard InChI is InChI=1S/C25H41N3O4/c1-4-7-11-24(29)22-9-8-10-23(21(22)5-2)26-25(30)20-32-19-18-31-17-16-28-14-12-27(6-3)13-15-28/h8-10H,4-7,11-20H2,1-3H3,(H,26,30). The van der Waals surface area contributed by atoms with Crippen LogP contribution in [0, 0.1) is 0 Å². The van der Waals surface area contributed by atoms with E-state index in [2.05, 4.69) is 29.0 Å². The van der Waals surface area contributed by atoms with Crippen LogP contribution in [0.1, 0.15) is 56.0 Å². The molecule has 1 aliphatic heterocycles. The number of benzene rings is 1. The first-order valence-corrected chi connectivity index (χ1v) is 12.1. The molecule has 0 saturated carbocycles. The van der Waals surface area contributed by atoms with Crippen molar-refractivity contribution in [3.63, 3.8) is 0 Å². The highest BCUT2D eigenvalue weighted by atomic mass is 16.5. The predicted octanol–water partition coefficient (Wildman–Crippen LogP) is 3.23. The SMILES string of the molecule is CCCCC(=O)c1cccc(NC(=O)COCCOCCN2CCN(CC)CC2)c1CC. The minimum Gasteiger partial charge on any atom is -0.378 e. The number of amides is 1. The van der Waals surface area contributed by atoms with Crippen LogP contribution in [0.15, 0.2) is 18.2 Å². The summed E-state index contributed by atoms with van der Waals surface area (Å²) < 4.78 is 11.1. The van der Waals surface area contributed by atoms with Crippen molar-refractivity contribution >= 4 is 17.4 Å². The van der Waals surface area contributed by atoms with Crippen molar-refractivity contribution in [1.29, 1.82) is 0 Å². The van der Waals surface area contributed by atoms with Gasteiger partial charge in [-0.3, -0.25) is 14.5 Å². The molecule has 7 nitrogen and oxygen atoms in total. The molecule has 1 fully saturated rings. The van der Waals surface area contributed by atoms with Gasteiger partial charge in [-0.15, -0.1) is 0 Å². The van der Waals surface area contributed by atoms with Gasteiger partial charge in [-0.2, -0.15) is 0 Å². The molecule has 2 rings (SSSR count). The van der Waals surface area contributed by atoms with E-state index in [9.17, 15) is 9.59 Å². The molecule has 180 valence electrons. The zero-order chi connectivity index (χ0) is 23.2. The number of carbonyl (C=O) groups is 2. The van der Waals surface area contributed by atoms with Crippen molar-refractivity contribution in [2.75, 3.05) is 71.0 Å². The monoisotopic (exact) mass is 447 g/mol. The Kier molecular flexibility index (Phi) is 12.5. The maximum Gasteiger partial charge on any atom is 0.250 e. The van der Waals surface area contributed by atoms with E-state index in [-0.39, 0.29) is 18.3 Å². The summed E-state index contributed by atoms with van der Waals surface area (Å²) in [6.07, 6.45) is 3.09. The lowest BCUT2D eigenvalue weighted by atomic mass is 9.97. The highest BCUT2D eigenvalue weighted by molar-refractivity contribution is 6.00. The molecule has 1 aromatic carbocycles. The van der Waals surface area contributed by atoms with Crippen molar-refractivity contribution in [1.82, 2.24) is 9.80 Å². The third-order valence-electron chi connectivity index (χ3n) is 5.93. The second-order valence-corrected chi connectivity index (χ2v) is 8.20. The number of hydrogen-bond acceptors (Lipinski definition) is 6. The average Bonchev–Trinajstić information content (AvgIpc) is 2.82. The molecule has 0 aromatic heterocycles. The maximum atomic E-state index is 12.5. The second-order valence-electron chi connectivity index (χ2n) is 8.20. The van der Waals surface area contributed by atoms with Crippen LogP contribution >= 0.6 is 0 Å². The van der Waals surface area contributed by atoms with E-state index in [1.165, 1.54) is 0 Å². The lowest BCUT2D eigenvalue weighted by molar-refractivity contribution is -0.121. The largest absolute Gasteiger partial charge is 0.378 e. The Balaban J connectivity index is 1.64. The normalized spacial score (nSPS) is 15.1. The van der Waals surface area contributed by atoms with Gasteiger partial charge >= 0.3 is 0 Å². The van der Waals surface area contributed by atoms with E-state index in [1.807, 2.05) is 25.1 Å². The minimum absolute atomic E-state index is 0.0283. The van der Waals surface area contributed by atoms with Crippen LogP contribution in [0.5, 0.6) is 0 Å². The predicted molar refractivity (Wildman–Crippen MR) is 128 cm³/mol. The molecule has 0 bridgehead atoms. The van der Waals surface area contributed by atoms with Crippen LogP contribution in [0.3, 0.4) is 0 Å². The van der Waals surface area contributed by atoms with Crippen LogP contribution in [0.2, 0.25) is 0 Å². The Labute approximate surface area is 193 Å². The van der Waals surface area contributed by atoms with E-state index < -0.39 is 0 Å². The lowest BCUT2D eigenvalue weighted by Crippen LogP contribution is -2.47. The van der Waals surface area contributed by atoms with Crippen LogP contribution in [-0.4, -0.2) is 87.2 Å². The van der Waals surface area contributed by atoms with Gasteiger partial charge in [-0.1, -0.05) is 39.3 Å². The van der Waals surface area contributed by atoms with Crippen molar-refractivity contribution < 1.29 is 19.1 Å². The van der Waals surface area contributed by atoms with Gasteiger partial charge in [-0.25, -0.2) is 0 Å². The van der Waals surface area contributed by atoms with Gasteiger partial charge in [-0.05, 0) is 31.0 Å². The van der Waals surface area contributed by atoms with Crippen LogP contribution in [0.25, 0.3) is 0 Å². The maximum absolute atomic E-state index is 12.5. The minimum atomic E-state index is -0.216. The Bertz CT molecular complexity index is 702. The summed E-state index contributed by atoms with van der Waals surface area (Å²) in [4.78, 5) is 29.7. The molecular weight excluding hydrogens is 406 g/mol. The Morgan fingerprint density at radius 1 is 0.969 bits per heavy atom. The summed E-state index contributed by atoms with van der Waals surface area (Å²) in [5.74, 6) is -0.0768. The van der Waals surface area contributed by atoms with Crippen molar-refractivity contribution in [2.24, 2.45) is 0 Å². The number of Topliss-reactive ketones (excluding diaryl/α,β-unsaturated/α-hetero) is 1. The van der Waals surface area contributed by atoms with Crippen molar-refractivity contribution in [2.45, 2.75) is 46.5 Å². The van der Waals surface area contributed by atoms with Crippen molar-refractivity contribution in [3.05, 3.63) is 29.3 Å². The first kappa shape index (κ1) is 26.5. The number of ketones is 1. The van der Waals surface area contributed by atoms with Gasteiger partial charge in [0.1, 0.15) is 6.61 Å². The molecule has 7 heteroatoms. The van der Waals surface area contributed by atoms with E-state index in [4.69, 9.17) is 9.47 Å². The van der Waals surface area contributed by atoms with Gasteiger partial charge in [0.25, 0.3) is 0 Å². The summed E-state index contributed by atoms with van der Waals surface area (Å²) in [5.41, 5.74) is 2.30. The highest BCUT2D eigenvalue weighted by Crippen LogP contribution is 2.23. The van der Waals surface area contributed by atoms with Crippen LogP contribution in [-0.2, 0) is 20.7 Å². The first-order chi connectivity index (χ1) is 15.6. The Morgan fingerprint density at radius 2 is 1.69 bits per heavy atom. The third kappa shape index (κ3) is 8.98. The molecule has 0 unspecified atom stereocenters. The molecule has 1 aromatic rings. The second kappa shape index (κ2) is 15.1. The van der Waals surface area contributed by atoms with E-state index >= 15 is 0 Å². The smallest absolute Gasteiger partial charge is 0.250 e. The number of anilines is 1. The summed E-state index contributed by atoms with van der Waals surface area (Å²) in [5, 5.41) is 2.90. The summed E-state index contributed by atoms with van der Waals surface area (Å²) in [6, 6.07) is 5.52. The Morgan fingerprint density at radius 3 is 2.38 bits per heavy atom. The zero-order valence-corrected chi connectivity index (χ0v) is 20.2. The topological polar surface area (TPSA) is 71.1 Å². The van der Waals surface area contributed by atoms with E-state index in [0.717, 1.165) is 57.7 Å². The molecule has 1 heterocycles. The number of nitrogens with zero attached hydrogens (tertiary/aromatic N) is 2. The van der Waals surface area contributed by atoms with Gasteiger partial charge in [0.2, 0.25) is 5.91 Å². The molecular formula is C25H41N3O4. The average molecular weight is 448 g/mol. The fraction of sp³-hybridized carbons (Fsp3) is 0.680. The molecule has 32 heavy (non-hydrogen) atoms. The molecule has 1 amide bonds. The Hall–Kier alpha value is -1.80. The molecule has 0 atom stereocenters. The summed E-state index contributed by atoms with van der Waals surface area (Å²) in [6.45, 7) is 14.3. The number of unbranched alkanes of at least 4 members (excludes halogenated alkanes) is 1.